The molecule has 0 saturated carbocycles. The zero-order valence-electron chi connectivity index (χ0n) is 11.4. The van der Waals surface area contributed by atoms with Gasteiger partial charge in [0.15, 0.2) is 0 Å². The fourth-order valence-electron chi connectivity index (χ4n) is 2.16. The summed E-state index contributed by atoms with van der Waals surface area (Å²) >= 11 is 0. The van der Waals surface area contributed by atoms with Crippen molar-refractivity contribution in [3.05, 3.63) is 42.0 Å². The van der Waals surface area contributed by atoms with Gasteiger partial charge in [-0.1, -0.05) is 75.7 Å². The predicted molar refractivity (Wildman–Crippen MR) is 79.2 cm³/mol. The van der Waals surface area contributed by atoms with Crippen LogP contribution >= 0.6 is 0 Å². The van der Waals surface area contributed by atoms with Crippen LogP contribution in [-0.2, 0) is 0 Å². The van der Waals surface area contributed by atoms with Gasteiger partial charge in [0.05, 0.1) is 0 Å². The van der Waals surface area contributed by atoms with Crippen LogP contribution in [0.5, 0.6) is 0 Å². The van der Waals surface area contributed by atoms with E-state index in [1.807, 2.05) is 0 Å². The van der Waals surface area contributed by atoms with Gasteiger partial charge in [0, 0.05) is 5.70 Å². The van der Waals surface area contributed by atoms with Crippen LogP contribution in [0, 0.1) is 0 Å². The van der Waals surface area contributed by atoms with Crippen LogP contribution < -0.4 is 5.23 Å². The number of benzene rings is 1. The average molecular weight is 229 g/mol. The van der Waals surface area contributed by atoms with Gasteiger partial charge < -0.3 is 5.23 Å². The minimum Gasteiger partial charge on any atom is -0.428 e. The van der Waals surface area contributed by atoms with Crippen molar-refractivity contribution < 1.29 is 0 Å². The normalized spacial score (nSPS) is 11.4. The van der Waals surface area contributed by atoms with Crippen molar-refractivity contribution in [2.24, 2.45) is 0 Å². The summed E-state index contributed by atoms with van der Waals surface area (Å²) < 4.78 is 0. The summed E-state index contributed by atoms with van der Waals surface area (Å²) in [5.74, 6) is 0. The molecule has 1 rings (SSSR count). The molecule has 2 heteroatoms. The van der Waals surface area contributed by atoms with Crippen molar-refractivity contribution >= 4 is 12.5 Å². The second kappa shape index (κ2) is 8.00. The molecule has 0 radical (unpaired) electrons. The lowest BCUT2D eigenvalue weighted by molar-refractivity contribution is 0.978. The van der Waals surface area contributed by atoms with Gasteiger partial charge in [-0.15, -0.1) is 0 Å². The highest BCUT2D eigenvalue weighted by Crippen LogP contribution is 2.14. The average Bonchev–Trinajstić information content (AvgIpc) is 2.37. The zero-order valence-corrected chi connectivity index (χ0v) is 11.4. The highest BCUT2D eigenvalue weighted by molar-refractivity contribution is 6.57. The molecule has 0 unspecified atom stereocenters. The van der Waals surface area contributed by atoms with E-state index in [2.05, 4.69) is 62.4 Å². The molecule has 0 saturated heterocycles. The number of allylic oxidation sites excluding steroid dienone is 1. The second-order valence-electron chi connectivity index (χ2n) is 4.49. The highest BCUT2D eigenvalue weighted by atomic mass is 14.8. The van der Waals surface area contributed by atoms with Crippen molar-refractivity contribution in [2.75, 3.05) is 0 Å². The molecule has 17 heavy (non-hydrogen) atoms. The Bertz CT molecular complexity index is 326. The van der Waals surface area contributed by atoms with Crippen LogP contribution in [0.4, 0.5) is 0 Å². The first-order valence-electron chi connectivity index (χ1n) is 6.80. The maximum Gasteiger partial charge on any atom is 0.251 e. The van der Waals surface area contributed by atoms with E-state index in [0.717, 1.165) is 0 Å². The summed E-state index contributed by atoms with van der Waals surface area (Å²) in [6, 6.07) is 10.6. The first kappa shape index (κ1) is 13.9. The summed E-state index contributed by atoms with van der Waals surface area (Å²) in [5, 5.41) is 3.68. The molecule has 0 amide bonds. The number of hydrogen-bond donors (Lipinski definition) is 1. The Labute approximate surface area is 106 Å². The summed E-state index contributed by atoms with van der Waals surface area (Å²) in [4.78, 5) is 0. The third-order valence-electron chi connectivity index (χ3n) is 3.01. The molecule has 0 bridgehead atoms. The van der Waals surface area contributed by atoms with Crippen molar-refractivity contribution in [3.63, 3.8) is 0 Å². The molecule has 1 aromatic rings. The second-order valence-corrected chi connectivity index (χ2v) is 4.49. The van der Waals surface area contributed by atoms with E-state index in [1.165, 1.54) is 36.7 Å². The van der Waals surface area contributed by atoms with Gasteiger partial charge in [0.25, 0.3) is 6.85 Å². The van der Waals surface area contributed by atoms with Crippen molar-refractivity contribution in [3.8, 4) is 0 Å². The van der Waals surface area contributed by atoms with Gasteiger partial charge in [-0.25, -0.2) is 0 Å². The lowest BCUT2D eigenvalue weighted by Gasteiger charge is -2.18. The van der Waals surface area contributed by atoms with Crippen LogP contribution in [0.3, 0.4) is 0 Å². The predicted octanol–water partition coefficient (Wildman–Crippen LogP) is 4.45. The first-order valence-corrected chi connectivity index (χ1v) is 6.80. The zero-order chi connectivity index (χ0) is 12.5. The van der Waals surface area contributed by atoms with E-state index < -0.39 is 0 Å². The molecule has 0 aromatic heterocycles. The van der Waals surface area contributed by atoms with E-state index >= 15 is 0 Å². The summed E-state index contributed by atoms with van der Waals surface area (Å²) in [6.07, 6.45) is 7.15. The van der Waals surface area contributed by atoms with Gasteiger partial charge in [-0.05, 0) is 12.5 Å². The smallest absolute Gasteiger partial charge is 0.251 e. The molecule has 0 spiro atoms. The molecule has 0 aliphatic rings. The van der Waals surface area contributed by atoms with E-state index in [-0.39, 0.29) is 0 Å². The number of nitrogens with one attached hydrogen (secondary N) is 1. The molecular formula is C15H24BN. The molecule has 0 aliphatic heterocycles. The molecule has 0 fully saturated rings. The van der Waals surface area contributed by atoms with Crippen LogP contribution in [0.1, 0.15) is 39.2 Å². The topological polar surface area (TPSA) is 12.0 Å². The maximum atomic E-state index is 3.68. The van der Waals surface area contributed by atoms with Gasteiger partial charge in [0.1, 0.15) is 0 Å². The summed E-state index contributed by atoms with van der Waals surface area (Å²) in [6.45, 7) is 7.21. The Kier molecular flexibility index (Phi) is 6.53. The molecule has 1 nitrogen and oxygen atoms in total. The lowest BCUT2D eigenvalue weighted by Crippen LogP contribution is -2.31. The van der Waals surface area contributed by atoms with E-state index in [0.29, 0.717) is 6.85 Å². The van der Waals surface area contributed by atoms with Crippen LogP contribution in [0.2, 0.25) is 12.6 Å². The minimum atomic E-state index is 0.608. The first-order chi connectivity index (χ1) is 8.31. The van der Waals surface area contributed by atoms with E-state index in [1.54, 1.807) is 0 Å². The van der Waals surface area contributed by atoms with E-state index in [9.17, 15) is 0 Å². The van der Waals surface area contributed by atoms with Crippen molar-refractivity contribution in [1.29, 1.82) is 0 Å². The summed E-state index contributed by atoms with van der Waals surface area (Å²) in [5.41, 5.74) is 2.55. The largest absolute Gasteiger partial charge is 0.428 e. The quantitative estimate of drug-likeness (QED) is 0.681. The Balaban J connectivity index is 2.69. The Morgan fingerprint density at radius 3 is 2.18 bits per heavy atom. The third kappa shape index (κ3) is 4.68. The maximum absolute atomic E-state index is 3.68. The van der Waals surface area contributed by atoms with Crippen LogP contribution in [-0.4, -0.2) is 6.85 Å². The molecule has 1 aromatic carbocycles. The van der Waals surface area contributed by atoms with Crippen molar-refractivity contribution in [1.82, 2.24) is 5.23 Å². The van der Waals surface area contributed by atoms with Gasteiger partial charge in [-0.2, -0.15) is 0 Å². The molecular weight excluding hydrogens is 205 g/mol. The fraction of sp³-hybridized carbons (Fsp3) is 0.467. The van der Waals surface area contributed by atoms with Gasteiger partial charge >= 0.3 is 0 Å². The van der Waals surface area contributed by atoms with Gasteiger partial charge in [-0.3, -0.25) is 0 Å². The van der Waals surface area contributed by atoms with Crippen LogP contribution in [0.15, 0.2) is 36.4 Å². The molecule has 0 aliphatic carbocycles. The standard InChI is InChI=1S/C15H24BN/c1-4-12-16(13-5-2)17-15(6-3)14-10-8-7-9-11-14/h6-11,17H,4-5,12-13H2,1-3H3/b15-6+. The minimum absolute atomic E-state index is 0.608. The fourth-order valence-corrected chi connectivity index (χ4v) is 2.16. The SMILES string of the molecule is C/C=C(/NB(CCC)CCC)c1ccccc1. The number of hydrogen-bond acceptors (Lipinski definition) is 1. The summed E-state index contributed by atoms with van der Waals surface area (Å²) in [7, 11) is 0. The molecule has 92 valence electrons. The molecule has 1 N–H and O–H groups in total. The lowest BCUT2D eigenvalue weighted by atomic mass is 9.55. The van der Waals surface area contributed by atoms with Crippen LogP contribution in [0.25, 0.3) is 5.70 Å². The van der Waals surface area contributed by atoms with Crippen molar-refractivity contribution in [2.45, 2.75) is 46.3 Å². The Morgan fingerprint density at radius 2 is 1.71 bits per heavy atom. The number of rotatable bonds is 7. The van der Waals surface area contributed by atoms with Gasteiger partial charge in [0.2, 0.25) is 0 Å². The highest BCUT2D eigenvalue weighted by Gasteiger charge is 2.13. The molecule has 0 atom stereocenters. The van der Waals surface area contributed by atoms with E-state index in [4.69, 9.17) is 0 Å². The Morgan fingerprint density at radius 1 is 1.12 bits per heavy atom. The third-order valence-corrected chi connectivity index (χ3v) is 3.01. The molecule has 0 heterocycles. The Hall–Kier alpha value is -1.18. The monoisotopic (exact) mass is 229 g/mol.